The Hall–Kier alpha value is -3.43. The molecule has 2 heterocycles. The van der Waals surface area contributed by atoms with E-state index in [4.69, 9.17) is 10.5 Å². The second kappa shape index (κ2) is 12.2. The summed E-state index contributed by atoms with van der Waals surface area (Å²) in [4.78, 5) is 30.9. The van der Waals surface area contributed by atoms with Crippen LogP contribution in [0.3, 0.4) is 0 Å². The molecule has 3 N–H and O–H groups in total. The zero-order valence-electron chi connectivity index (χ0n) is 21.2. The number of nitrogens with two attached hydrogens (primary N) is 1. The van der Waals surface area contributed by atoms with Gasteiger partial charge in [0.1, 0.15) is 11.4 Å². The van der Waals surface area contributed by atoms with Crippen molar-refractivity contribution in [1.29, 1.82) is 0 Å². The molecule has 37 heavy (non-hydrogen) atoms. The maximum Gasteiger partial charge on any atom is 0.409 e. The molecule has 2 aromatic carbocycles. The Morgan fingerprint density at radius 2 is 1.68 bits per heavy atom. The summed E-state index contributed by atoms with van der Waals surface area (Å²) >= 11 is 3.40. The third-order valence-electron chi connectivity index (χ3n) is 6.50. The molecular weight excluding hydrogens is 504 g/mol. The Bertz CT molecular complexity index is 1220. The number of nitrogens with zero attached hydrogens (tertiary/aromatic N) is 2. The molecule has 4 rings (SSSR count). The highest BCUT2D eigenvalue weighted by Gasteiger charge is 2.36. The minimum Gasteiger partial charge on any atom is -0.453 e. The Balaban J connectivity index is 1.62. The standard InChI is InChI=1S/C28H32N4O3S2/c1-31(27(33)24(32(2)28(34)35-3)17-19-8-5-4-6-9-19)23(16-20-11-13-21(29)14-12-20)22-18-37-26(30-22)25-10-7-15-36-25/h4-15,18,23-24,26,30H,16-17,29H2,1-3H3/t23-,24-,26?/m0/s1. The molecule has 0 spiro atoms. The van der Waals surface area contributed by atoms with Gasteiger partial charge in [0.25, 0.3) is 0 Å². The van der Waals surface area contributed by atoms with E-state index in [0.29, 0.717) is 18.5 Å². The van der Waals surface area contributed by atoms with Crippen molar-refractivity contribution in [2.45, 2.75) is 30.3 Å². The molecule has 1 aliphatic rings. The molecular formula is C28H32N4O3S2. The second-order valence-corrected chi connectivity index (χ2v) is 10.9. The normalized spacial score (nSPS) is 16.3. The van der Waals surface area contributed by atoms with E-state index < -0.39 is 12.1 Å². The number of thiophene rings is 1. The maximum absolute atomic E-state index is 14.1. The van der Waals surface area contributed by atoms with Crippen molar-refractivity contribution in [1.82, 2.24) is 15.1 Å². The van der Waals surface area contributed by atoms with Gasteiger partial charge in [0, 0.05) is 36.8 Å². The summed E-state index contributed by atoms with van der Waals surface area (Å²) in [7, 11) is 4.74. The lowest BCUT2D eigenvalue weighted by molar-refractivity contribution is -0.136. The largest absolute Gasteiger partial charge is 0.453 e. The first-order valence-corrected chi connectivity index (χ1v) is 13.8. The lowest BCUT2D eigenvalue weighted by Crippen LogP contribution is -2.53. The fraction of sp³-hybridized carbons (Fsp3) is 0.286. The number of carbonyl (C=O) groups excluding carboxylic acids is 2. The van der Waals surface area contributed by atoms with Crippen LogP contribution < -0.4 is 11.1 Å². The molecule has 3 atom stereocenters. The van der Waals surface area contributed by atoms with Gasteiger partial charge in [-0.3, -0.25) is 9.69 Å². The van der Waals surface area contributed by atoms with Crippen LogP contribution in [0.1, 0.15) is 21.4 Å². The van der Waals surface area contributed by atoms with Crippen molar-refractivity contribution in [2.24, 2.45) is 0 Å². The number of hydrogen-bond acceptors (Lipinski definition) is 7. The van der Waals surface area contributed by atoms with Gasteiger partial charge >= 0.3 is 6.09 Å². The minimum absolute atomic E-state index is 0.102. The number of rotatable bonds is 9. The van der Waals surface area contributed by atoms with Crippen LogP contribution in [0.15, 0.2) is 83.2 Å². The Labute approximate surface area is 226 Å². The topological polar surface area (TPSA) is 87.9 Å². The van der Waals surface area contributed by atoms with Gasteiger partial charge < -0.3 is 20.7 Å². The van der Waals surface area contributed by atoms with E-state index in [9.17, 15) is 9.59 Å². The molecule has 9 heteroatoms. The predicted octanol–water partition coefficient (Wildman–Crippen LogP) is 4.89. The third kappa shape index (κ3) is 6.47. The molecule has 0 bridgehead atoms. The van der Waals surface area contributed by atoms with E-state index in [-0.39, 0.29) is 17.3 Å². The van der Waals surface area contributed by atoms with Crippen LogP contribution in [0.2, 0.25) is 0 Å². The quantitative estimate of drug-likeness (QED) is 0.379. The molecule has 1 unspecified atom stereocenters. The number of anilines is 1. The first-order valence-electron chi connectivity index (χ1n) is 12.0. The van der Waals surface area contributed by atoms with Crippen LogP contribution in [0.25, 0.3) is 0 Å². The fourth-order valence-electron chi connectivity index (χ4n) is 4.33. The Morgan fingerprint density at radius 3 is 2.32 bits per heavy atom. The average Bonchev–Trinajstić information content (AvgIpc) is 3.63. The van der Waals surface area contributed by atoms with Crippen molar-refractivity contribution in [2.75, 3.05) is 26.9 Å². The van der Waals surface area contributed by atoms with Crippen LogP contribution >= 0.6 is 23.1 Å². The lowest BCUT2D eigenvalue weighted by atomic mass is 9.99. The van der Waals surface area contributed by atoms with Crippen LogP contribution in [-0.2, 0) is 22.4 Å². The van der Waals surface area contributed by atoms with Gasteiger partial charge in [-0.05, 0) is 46.5 Å². The Kier molecular flexibility index (Phi) is 8.78. The number of amides is 2. The van der Waals surface area contributed by atoms with Crippen molar-refractivity contribution in [3.8, 4) is 0 Å². The van der Waals surface area contributed by atoms with E-state index in [1.807, 2.05) is 60.7 Å². The van der Waals surface area contributed by atoms with Crippen LogP contribution in [0.4, 0.5) is 10.5 Å². The van der Waals surface area contributed by atoms with E-state index in [2.05, 4.69) is 22.2 Å². The van der Waals surface area contributed by atoms with Gasteiger partial charge in [-0.15, -0.1) is 23.1 Å². The molecule has 0 saturated heterocycles. The van der Waals surface area contributed by atoms with E-state index in [1.165, 1.54) is 16.9 Å². The number of ether oxygens (including phenoxy) is 1. The first-order chi connectivity index (χ1) is 17.9. The molecule has 7 nitrogen and oxygen atoms in total. The fourth-order valence-corrected chi connectivity index (χ4v) is 6.25. The number of methoxy groups -OCH3 is 1. The number of benzene rings is 2. The van der Waals surface area contributed by atoms with Crippen molar-refractivity contribution in [3.05, 3.63) is 99.2 Å². The van der Waals surface area contributed by atoms with Crippen molar-refractivity contribution < 1.29 is 14.3 Å². The van der Waals surface area contributed by atoms with Crippen LogP contribution in [0.5, 0.6) is 0 Å². The number of thioether (sulfide) groups is 1. The van der Waals surface area contributed by atoms with Crippen molar-refractivity contribution >= 4 is 40.8 Å². The second-order valence-electron chi connectivity index (χ2n) is 8.95. The van der Waals surface area contributed by atoms with E-state index in [0.717, 1.165) is 16.8 Å². The zero-order chi connectivity index (χ0) is 26.4. The highest BCUT2D eigenvalue weighted by atomic mass is 32.2. The molecule has 194 valence electrons. The molecule has 0 radical (unpaired) electrons. The summed E-state index contributed by atoms with van der Waals surface area (Å²) in [6, 6.07) is 20.6. The summed E-state index contributed by atoms with van der Waals surface area (Å²) in [6.45, 7) is 0. The summed E-state index contributed by atoms with van der Waals surface area (Å²) < 4.78 is 4.96. The molecule has 0 saturated carbocycles. The summed E-state index contributed by atoms with van der Waals surface area (Å²) in [6.07, 6.45) is 0.423. The monoisotopic (exact) mass is 536 g/mol. The van der Waals surface area contributed by atoms with Gasteiger partial charge in [-0.25, -0.2) is 4.79 Å². The zero-order valence-corrected chi connectivity index (χ0v) is 22.8. The highest BCUT2D eigenvalue weighted by molar-refractivity contribution is 8.02. The summed E-state index contributed by atoms with van der Waals surface area (Å²) in [5.41, 5.74) is 9.60. The predicted molar refractivity (Wildman–Crippen MR) is 151 cm³/mol. The smallest absolute Gasteiger partial charge is 0.409 e. The molecule has 3 aromatic rings. The third-order valence-corrected chi connectivity index (χ3v) is 8.62. The number of likely N-dealkylation sites (N-methyl/N-ethyl adjacent to an activating group) is 2. The molecule has 1 aromatic heterocycles. The summed E-state index contributed by atoms with van der Waals surface area (Å²) in [5, 5.41) is 7.89. The van der Waals surface area contributed by atoms with Gasteiger partial charge in [0.15, 0.2) is 0 Å². The average molecular weight is 537 g/mol. The van der Waals surface area contributed by atoms with Gasteiger partial charge in [-0.1, -0.05) is 48.5 Å². The molecule has 1 aliphatic heterocycles. The summed E-state index contributed by atoms with van der Waals surface area (Å²) in [5.74, 6) is -0.163. The SMILES string of the molecule is COC(=O)N(C)[C@@H](Cc1ccccc1)C(=O)N(C)[C@@H](Cc1ccc(N)cc1)C1=CSC(c2cccs2)N1. The van der Waals surface area contributed by atoms with Crippen LogP contribution in [-0.4, -0.2) is 55.1 Å². The number of hydrogen-bond donors (Lipinski definition) is 2. The molecule has 0 fully saturated rings. The van der Waals surface area contributed by atoms with Gasteiger partial charge in [0.05, 0.1) is 13.2 Å². The van der Waals surface area contributed by atoms with Gasteiger partial charge in [-0.2, -0.15) is 0 Å². The molecule has 0 aliphatic carbocycles. The maximum atomic E-state index is 14.1. The number of carbonyl (C=O) groups is 2. The highest BCUT2D eigenvalue weighted by Crippen LogP contribution is 2.38. The van der Waals surface area contributed by atoms with E-state index >= 15 is 0 Å². The minimum atomic E-state index is -0.725. The number of nitrogens with one attached hydrogen (secondary N) is 1. The van der Waals surface area contributed by atoms with E-state index in [1.54, 1.807) is 42.1 Å². The van der Waals surface area contributed by atoms with Crippen LogP contribution in [0, 0.1) is 0 Å². The number of nitrogen functional groups attached to an aromatic ring is 1. The lowest BCUT2D eigenvalue weighted by Gasteiger charge is -2.35. The Morgan fingerprint density at radius 1 is 0.973 bits per heavy atom. The van der Waals surface area contributed by atoms with Gasteiger partial charge in [0.2, 0.25) is 5.91 Å². The first kappa shape index (κ1) is 26.6. The molecule has 2 amide bonds. The van der Waals surface area contributed by atoms with Crippen molar-refractivity contribution in [3.63, 3.8) is 0 Å².